The third-order valence-corrected chi connectivity index (χ3v) is 4.45. The van der Waals surface area contributed by atoms with E-state index < -0.39 is 0 Å². The third-order valence-electron chi connectivity index (χ3n) is 3.24. The predicted octanol–water partition coefficient (Wildman–Crippen LogP) is 4.95. The minimum absolute atomic E-state index is 0.515. The standard InChI is InChI=1S/C15H16BrClN4/c1-2-18-13-8-14(21-15(20-13)9-3-4-9)19-10-5-6-12(17)11(16)7-10/h5-9H,2-4H2,1H3,(H2,18,19,20,21). The number of hydrogen-bond acceptors (Lipinski definition) is 4. The fraction of sp³-hybridized carbons (Fsp3) is 0.333. The van der Waals surface area contributed by atoms with Crippen LogP contribution >= 0.6 is 27.5 Å². The summed E-state index contributed by atoms with van der Waals surface area (Å²) in [6.07, 6.45) is 2.36. The van der Waals surface area contributed by atoms with E-state index in [0.29, 0.717) is 10.9 Å². The average molecular weight is 368 g/mol. The Kier molecular flexibility index (Phi) is 4.31. The van der Waals surface area contributed by atoms with Crippen molar-refractivity contribution in [3.63, 3.8) is 0 Å². The van der Waals surface area contributed by atoms with Crippen molar-refractivity contribution in [3.05, 3.63) is 39.6 Å². The van der Waals surface area contributed by atoms with Crippen LogP contribution in [-0.4, -0.2) is 16.5 Å². The molecular formula is C15H16BrClN4. The molecule has 1 heterocycles. The Hall–Kier alpha value is -1.33. The maximum atomic E-state index is 6.01. The summed E-state index contributed by atoms with van der Waals surface area (Å²) < 4.78 is 0.859. The Morgan fingerprint density at radius 2 is 2.00 bits per heavy atom. The maximum absolute atomic E-state index is 6.01. The summed E-state index contributed by atoms with van der Waals surface area (Å²) in [5, 5.41) is 7.26. The molecule has 0 unspecified atom stereocenters. The molecule has 0 atom stereocenters. The molecule has 0 radical (unpaired) electrons. The number of nitrogens with zero attached hydrogens (tertiary/aromatic N) is 2. The van der Waals surface area contributed by atoms with E-state index in [1.807, 2.05) is 24.3 Å². The zero-order chi connectivity index (χ0) is 14.8. The Bertz CT molecular complexity index is 658. The van der Waals surface area contributed by atoms with Gasteiger partial charge in [0.15, 0.2) is 0 Å². The Morgan fingerprint density at radius 3 is 2.67 bits per heavy atom. The molecule has 1 aliphatic rings. The van der Waals surface area contributed by atoms with Gasteiger partial charge in [0.25, 0.3) is 0 Å². The zero-order valence-electron chi connectivity index (χ0n) is 11.7. The number of aromatic nitrogens is 2. The van der Waals surface area contributed by atoms with Crippen molar-refractivity contribution in [3.8, 4) is 0 Å². The second kappa shape index (κ2) is 6.20. The van der Waals surface area contributed by atoms with E-state index in [1.54, 1.807) is 0 Å². The second-order valence-electron chi connectivity index (χ2n) is 5.06. The molecule has 0 saturated heterocycles. The Labute approximate surface area is 137 Å². The normalized spacial score (nSPS) is 14.0. The van der Waals surface area contributed by atoms with Crippen LogP contribution in [0.4, 0.5) is 17.3 Å². The first-order chi connectivity index (χ1) is 10.2. The summed E-state index contributed by atoms with van der Waals surface area (Å²) in [6.45, 7) is 2.90. The van der Waals surface area contributed by atoms with Gasteiger partial charge >= 0.3 is 0 Å². The van der Waals surface area contributed by atoms with Gasteiger partial charge in [-0.05, 0) is 53.9 Å². The van der Waals surface area contributed by atoms with E-state index in [9.17, 15) is 0 Å². The molecule has 0 amide bonds. The smallest absolute Gasteiger partial charge is 0.136 e. The SMILES string of the molecule is CCNc1cc(Nc2ccc(Cl)c(Br)c2)nc(C2CC2)n1. The summed E-state index contributed by atoms with van der Waals surface area (Å²) in [5.41, 5.74) is 0.939. The molecule has 0 spiro atoms. The quantitative estimate of drug-likeness (QED) is 0.785. The van der Waals surface area contributed by atoms with Crippen molar-refractivity contribution in [1.29, 1.82) is 0 Å². The molecule has 110 valence electrons. The van der Waals surface area contributed by atoms with Gasteiger partial charge in [0.1, 0.15) is 17.5 Å². The summed E-state index contributed by atoms with van der Waals surface area (Å²) in [5.74, 6) is 3.10. The fourth-order valence-electron chi connectivity index (χ4n) is 2.05. The van der Waals surface area contributed by atoms with E-state index in [2.05, 4.69) is 43.5 Å². The van der Waals surface area contributed by atoms with Gasteiger partial charge in [-0.3, -0.25) is 0 Å². The van der Waals surface area contributed by atoms with Crippen molar-refractivity contribution in [2.24, 2.45) is 0 Å². The fourth-order valence-corrected chi connectivity index (χ4v) is 2.54. The highest BCUT2D eigenvalue weighted by Gasteiger charge is 2.27. The van der Waals surface area contributed by atoms with E-state index in [4.69, 9.17) is 11.6 Å². The Balaban J connectivity index is 1.87. The molecule has 1 aromatic heterocycles. The minimum Gasteiger partial charge on any atom is -0.370 e. The lowest BCUT2D eigenvalue weighted by molar-refractivity contribution is 0.927. The molecule has 0 aliphatic heterocycles. The molecule has 1 aromatic carbocycles. The van der Waals surface area contributed by atoms with E-state index in [-0.39, 0.29) is 0 Å². The highest BCUT2D eigenvalue weighted by atomic mass is 79.9. The molecule has 2 aromatic rings. The van der Waals surface area contributed by atoms with Crippen LogP contribution in [0.2, 0.25) is 5.02 Å². The van der Waals surface area contributed by atoms with Gasteiger partial charge in [0.2, 0.25) is 0 Å². The van der Waals surface area contributed by atoms with Crippen LogP contribution in [0, 0.1) is 0 Å². The lowest BCUT2D eigenvalue weighted by atomic mass is 10.3. The van der Waals surface area contributed by atoms with Gasteiger partial charge in [-0.25, -0.2) is 9.97 Å². The zero-order valence-corrected chi connectivity index (χ0v) is 14.0. The molecule has 0 bridgehead atoms. The monoisotopic (exact) mass is 366 g/mol. The number of hydrogen-bond donors (Lipinski definition) is 2. The summed E-state index contributed by atoms with van der Waals surface area (Å²) in [6, 6.07) is 7.65. The predicted molar refractivity (Wildman–Crippen MR) is 90.6 cm³/mol. The van der Waals surface area contributed by atoms with Gasteiger partial charge in [-0.1, -0.05) is 11.6 Å². The largest absolute Gasteiger partial charge is 0.370 e. The van der Waals surface area contributed by atoms with Crippen LogP contribution in [0.1, 0.15) is 31.5 Å². The van der Waals surface area contributed by atoms with Crippen molar-refractivity contribution >= 4 is 44.9 Å². The van der Waals surface area contributed by atoms with Crippen molar-refractivity contribution in [2.75, 3.05) is 17.2 Å². The van der Waals surface area contributed by atoms with Gasteiger partial charge < -0.3 is 10.6 Å². The van der Waals surface area contributed by atoms with Crippen LogP contribution in [0.5, 0.6) is 0 Å². The number of benzene rings is 1. The molecule has 4 nitrogen and oxygen atoms in total. The topological polar surface area (TPSA) is 49.8 Å². The van der Waals surface area contributed by atoms with Crippen LogP contribution in [0.15, 0.2) is 28.7 Å². The highest BCUT2D eigenvalue weighted by Crippen LogP contribution is 2.39. The van der Waals surface area contributed by atoms with Crippen LogP contribution < -0.4 is 10.6 Å². The molecule has 1 fully saturated rings. The van der Waals surface area contributed by atoms with Crippen molar-refractivity contribution in [2.45, 2.75) is 25.7 Å². The molecule has 1 saturated carbocycles. The van der Waals surface area contributed by atoms with Crippen LogP contribution in [-0.2, 0) is 0 Å². The van der Waals surface area contributed by atoms with Gasteiger partial charge in [-0.15, -0.1) is 0 Å². The average Bonchev–Trinajstić information content (AvgIpc) is 3.28. The first-order valence-electron chi connectivity index (χ1n) is 7.00. The van der Waals surface area contributed by atoms with Gasteiger partial charge in [0.05, 0.1) is 5.02 Å². The molecule has 1 aliphatic carbocycles. The number of anilines is 3. The molecular weight excluding hydrogens is 352 g/mol. The minimum atomic E-state index is 0.515. The van der Waals surface area contributed by atoms with Crippen molar-refractivity contribution in [1.82, 2.24) is 9.97 Å². The first kappa shape index (κ1) is 14.6. The van der Waals surface area contributed by atoms with Gasteiger partial charge in [0, 0.05) is 28.7 Å². The molecule has 6 heteroatoms. The molecule has 21 heavy (non-hydrogen) atoms. The second-order valence-corrected chi connectivity index (χ2v) is 6.32. The van der Waals surface area contributed by atoms with Gasteiger partial charge in [-0.2, -0.15) is 0 Å². The Morgan fingerprint density at radius 1 is 1.24 bits per heavy atom. The summed E-state index contributed by atoms with van der Waals surface area (Å²) in [4.78, 5) is 9.18. The number of nitrogens with one attached hydrogen (secondary N) is 2. The molecule has 2 N–H and O–H groups in total. The van der Waals surface area contributed by atoms with Crippen molar-refractivity contribution < 1.29 is 0 Å². The third kappa shape index (κ3) is 3.66. The first-order valence-corrected chi connectivity index (χ1v) is 8.17. The van der Waals surface area contributed by atoms with Crippen LogP contribution in [0.25, 0.3) is 0 Å². The lowest BCUT2D eigenvalue weighted by Gasteiger charge is -2.11. The van der Waals surface area contributed by atoms with E-state index in [0.717, 1.165) is 34.2 Å². The number of halogens is 2. The number of rotatable bonds is 5. The van der Waals surface area contributed by atoms with E-state index >= 15 is 0 Å². The van der Waals surface area contributed by atoms with Crippen LogP contribution in [0.3, 0.4) is 0 Å². The summed E-state index contributed by atoms with van der Waals surface area (Å²) in [7, 11) is 0. The van der Waals surface area contributed by atoms with E-state index in [1.165, 1.54) is 12.8 Å². The summed E-state index contributed by atoms with van der Waals surface area (Å²) >= 11 is 9.44. The lowest BCUT2D eigenvalue weighted by Crippen LogP contribution is -2.05. The molecule has 3 rings (SSSR count). The highest BCUT2D eigenvalue weighted by molar-refractivity contribution is 9.10. The maximum Gasteiger partial charge on any atom is 0.136 e.